The summed E-state index contributed by atoms with van der Waals surface area (Å²) in [7, 11) is 1.76. The standard InChI is InChI=1S/C17H19N3O5S/c1-3-23-16(22)9-15-18-19-17(20(15)2)26-10-12(21)11-4-5-13-14(8-11)25-7-6-24-13/h4-5,8H,3,6-7,9-10H2,1-2H3. The van der Waals surface area contributed by atoms with Gasteiger partial charge >= 0.3 is 5.97 Å². The molecule has 0 N–H and O–H groups in total. The van der Waals surface area contributed by atoms with Crippen molar-refractivity contribution in [2.45, 2.75) is 18.5 Å². The van der Waals surface area contributed by atoms with Crippen LogP contribution in [0.25, 0.3) is 0 Å². The average Bonchev–Trinajstić information content (AvgIpc) is 2.99. The van der Waals surface area contributed by atoms with Gasteiger partial charge in [0.15, 0.2) is 22.4 Å². The van der Waals surface area contributed by atoms with E-state index in [0.717, 1.165) is 0 Å². The first-order valence-corrected chi connectivity index (χ1v) is 9.16. The van der Waals surface area contributed by atoms with Crippen LogP contribution in [0.3, 0.4) is 0 Å². The molecular weight excluding hydrogens is 358 g/mol. The van der Waals surface area contributed by atoms with Crippen LogP contribution in [0, 0.1) is 0 Å². The molecule has 8 nitrogen and oxygen atoms in total. The topological polar surface area (TPSA) is 92.5 Å². The smallest absolute Gasteiger partial charge is 0.313 e. The molecular formula is C17H19N3O5S. The normalized spacial score (nSPS) is 12.7. The Morgan fingerprint density at radius 1 is 1.23 bits per heavy atom. The van der Waals surface area contributed by atoms with Gasteiger partial charge in [-0.15, -0.1) is 10.2 Å². The molecule has 0 radical (unpaired) electrons. The van der Waals surface area contributed by atoms with Crippen molar-refractivity contribution in [3.8, 4) is 11.5 Å². The predicted molar refractivity (Wildman–Crippen MR) is 93.8 cm³/mol. The number of carbonyl (C=O) groups excluding carboxylic acids is 2. The van der Waals surface area contributed by atoms with E-state index >= 15 is 0 Å². The Morgan fingerprint density at radius 3 is 2.77 bits per heavy atom. The zero-order valence-corrected chi connectivity index (χ0v) is 15.4. The third-order valence-corrected chi connectivity index (χ3v) is 4.75. The molecule has 0 unspecified atom stereocenters. The molecule has 1 aliphatic rings. The van der Waals surface area contributed by atoms with E-state index in [4.69, 9.17) is 14.2 Å². The van der Waals surface area contributed by atoms with Crippen LogP contribution in [0.2, 0.25) is 0 Å². The van der Waals surface area contributed by atoms with Crippen molar-refractivity contribution < 1.29 is 23.8 Å². The number of rotatable bonds is 7. The molecule has 1 aromatic carbocycles. The highest BCUT2D eigenvalue weighted by Gasteiger charge is 2.17. The number of ether oxygens (including phenoxy) is 3. The molecule has 0 amide bonds. The second-order valence-corrected chi connectivity index (χ2v) is 6.45. The molecule has 26 heavy (non-hydrogen) atoms. The van der Waals surface area contributed by atoms with Crippen molar-refractivity contribution in [2.24, 2.45) is 7.05 Å². The van der Waals surface area contributed by atoms with E-state index in [9.17, 15) is 9.59 Å². The third kappa shape index (κ3) is 4.16. The van der Waals surface area contributed by atoms with Crippen LogP contribution in [0.1, 0.15) is 23.1 Å². The first-order chi connectivity index (χ1) is 12.6. The number of esters is 1. The summed E-state index contributed by atoms with van der Waals surface area (Å²) in [6.45, 7) is 3.06. The Bertz CT molecular complexity index is 821. The van der Waals surface area contributed by atoms with Crippen LogP contribution < -0.4 is 9.47 Å². The lowest BCUT2D eigenvalue weighted by Crippen LogP contribution is -2.16. The van der Waals surface area contributed by atoms with E-state index in [2.05, 4.69) is 10.2 Å². The summed E-state index contributed by atoms with van der Waals surface area (Å²) in [5.74, 6) is 1.52. The lowest BCUT2D eigenvalue weighted by Gasteiger charge is -2.18. The van der Waals surface area contributed by atoms with Gasteiger partial charge in [-0.3, -0.25) is 9.59 Å². The van der Waals surface area contributed by atoms with Crippen molar-refractivity contribution in [3.05, 3.63) is 29.6 Å². The van der Waals surface area contributed by atoms with Gasteiger partial charge < -0.3 is 18.8 Å². The van der Waals surface area contributed by atoms with Gasteiger partial charge in [0.2, 0.25) is 0 Å². The van der Waals surface area contributed by atoms with Crippen molar-refractivity contribution in [1.29, 1.82) is 0 Å². The summed E-state index contributed by atoms with van der Waals surface area (Å²) in [6, 6.07) is 5.16. The Morgan fingerprint density at radius 2 is 2.00 bits per heavy atom. The number of carbonyl (C=O) groups is 2. The molecule has 2 aromatic rings. The lowest BCUT2D eigenvalue weighted by molar-refractivity contribution is -0.142. The van der Waals surface area contributed by atoms with Crippen molar-refractivity contribution in [3.63, 3.8) is 0 Å². The fourth-order valence-corrected chi connectivity index (χ4v) is 3.22. The first-order valence-electron chi connectivity index (χ1n) is 8.18. The van der Waals surface area contributed by atoms with Gasteiger partial charge in [-0.05, 0) is 25.1 Å². The summed E-state index contributed by atoms with van der Waals surface area (Å²) in [5.41, 5.74) is 0.552. The van der Waals surface area contributed by atoms with E-state index < -0.39 is 0 Å². The van der Waals surface area contributed by atoms with E-state index in [0.29, 0.717) is 47.9 Å². The summed E-state index contributed by atoms with van der Waals surface area (Å²) in [6.07, 6.45) is 0.0496. The Balaban J connectivity index is 1.61. The first kappa shape index (κ1) is 18.2. The summed E-state index contributed by atoms with van der Waals surface area (Å²) in [5, 5.41) is 8.59. The second-order valence-electron chi connectivity index (χ2n) is 5.51. The minimum atomic E-state index is -0.355. The fraction of sp³-hybridized carbons (Fsp3) is 0.412. The number of ketones is 1. The fourth-order valence-electron chi connectivity index (χ4n) is 2.40. The third-order valence-electron chi connectivity index (χ3n) is 3.73. The molecule has 0 spiro atoms. The Labute approximate surface area is 154 Å². The number of benzene rings is 1. The van der Waals surface area contributed by atoms with Crippen LogP contribution in [0.5, 0.6) is 11.5 Å². The van der Waals surface area contributed by atoms with Gasteiger partial charge in [-0.2, -0.15) is 0 Å². The minimum Gasteiger partial charge on any atom is -0.486 e. The van der Waals surface area contributed by atoms with E-state index in [-0.39, 0.29) is 23.9 Å². The van der Waals surface area contributed by atoms with Crippen molar-refractivity contribution in [2.75, 3.05) is 25.6 Å². The molecule has 2 heterocycles. The van der Waals surface area contributed by atoms with Gasteiger partial charge in [0.1, 0.15) is 25.5 Å². The SMILES string of the molecule is CCOC(=O)Cc1nnc(SCC(=O)c2ccc3c(c2)OCCO3)n1C. The maximum atomic E-state index is 12.4. The van der Waals surface area contributed by atoms with E-state index in [1.807, 2.05) is 0 Å². The molecule has 0 atom stereocenters. The van der Waals surface area contributed by atoms with Crippen LogP contribution in [0.4, 0.5) is 0 Å². The number of Topliss-reactive ketones (excluding diaryl/α,β-unsaturated/α-hetero) is 1. The highest BCUT2D eigenvalue weighted by molar-refractivity contribution is 7.99. The van der Waals surface area contributed by atoms with Gasteiger partial charge in [0.25, 0.3) is 0 Å². The lowest BCUT2D eigenvalue weighted by atomic mass is 10.1. The van der Waals surface area contributed by atoms with Crippen LogP contribution in [-0.4, -0.2) is 52.1 Å². The Kier molecular flexibility index (Phi) is 5.77. The van der Waals surface area contributed by atoms with Gasteiger partial charge in [0, 0.05) is 12.6 Å². The monoisotopic (exact) mass is 377 g/mol. The maximum Gasteiger partial charge on any atom is 0.313 e. The van der Waals surface area contributed by atoms with Crippen molar-refractivity contribution in [1.82, 2.24) is 14.8 Å². The zero-order valence-electron chi connectivity index (χ0n) is 14.6. The zero-order chi connectivity index (χ0) is 18.5. The molecule has 138 valence electrons. The van der Waals surface area contributed by atoms with E-state index in [1.54, 1.807) is 36.7 Å². The number of hydrogen-bond donors (Lipinski definition) is 0. The summed E-state index contributed by atoms with van der Waals surface area (Å²) >= 11 is 1.26. The molecule has 3 rings (SSSR count). The van der Waals surface area contributed by atoms with Crippen LogP contribution >= 0.6 is 11.8 Å². The quantitative estimate of drug-likeness (QED) is 0.409. The average molecular weight is 377 g/mol. The highest BCUT2D eigenvalue weighted by Crippen LogP contribution is 2.31. The van der Waals surface area contributed by atoms with Crippen molar-refractivity contribution >= 4 is 23.5 Å². The number of hydrogen-bond acceptors (Lipinski definition) is 8. The van der Waals surface area contributed by atoms with Crippen LogP contribution in [-0.2, 0) is 23.0 Å². The summed E-state index contributed by atoms with van der Waals surface area (Å²) < 4.78 is 17.6. The predicted octanol–water partition coefficient (Wildman–Crippen LogP) is 1.67. The molecule has 1 aliphatic heterocycles. The number of fused-ring (bicyclic) bond motifs is 1. The second kappa shape index (κ2) is 8.22. The number of thioether (sulfide) groups is 1. The number of nitrogens with zero attached hydrogens (tertiary/aromatic N) is 3. The molecule has 1 aromatic heterocycles. The maximum absolute atomic E-state index is 12.4. The highest BCUT2D eigenvalue weighted by atomic mass is 32.2. The molecule has 0 fully saturated rings. The molecule has 0 bridgehead atoms. The van der Waals surface area contributed by atoms with Gasteiger partial charge in [0.05, 0.1) is 12.4 Å². The van der Waals surface area contributed by atoms with Gasteiger partial charge in [-0.25, -0.2) is 0 Å². The van der Waals surface area contributed by atoms with E-state index in [1.165, 1.54) is 11.8 Å². The largest absolute Gasteiger partial charge is 0.486 e. The van der Waals surface area contributed by atoms with Crippen LogP contribution in [0.15, 0.2) is 23.4 Å². The number of aromatic nitrogens is 3. The Hall–Kier alpha value is -2.55. The molecule has 0 aliphatic carbocycles. The molecule has 0 saturated heterocycles. The molecule has 9 heteroatoms. The molecule has 0 saturated carbocycles. The summed E-state index contributed by atoms with van der Waals surface area (Å²) in [4.78, 5) is 24.0. The van der Waals surface area contributed by atoms with Gasteiger partial charge in [-0.1, -0.05) is 11.8 Å². The minimum absolute atomic E-state index is 0.0496.